The van der Waals surface area contributed by atoms with Gasteiger partial charge in [0.2, 0.25) is 0 Å². The Hall–Kier alpha value is -0.740. The molecule has 0 amide bonds. The average Bonchev–Trinajstić information content (AvgIpc) is 2.17. The fraction of sp³-hybridized carbons (Fsp3) is 0.417. The Morgan fingerprint density at radius 2 is 2.12 bits per heavy atom. The summed E-state index contributed by atoms with van der Waals surface area (Å²) in [5.74, 6) is -0.288. The van der Waals surface area contributed by atoms with Crippen molar-refractivity contribution in [3.63, 3.8) is 0 Å². The summed E-state index contributed by atoms with van der Waals surface area (Å²) in [6.45, 7) is 5.64. The molecule has 0 bridgehead atoms. The fourth-order valence-electron chi connectivity index (χ4n) is 1.16. The van der Waals surface area contributed by atoms with Crippen molar-refractivity contribution in [2.24, 2.45) is 0 Å². The van der Waals surface area contributed by atoms with Crippen LogP contribution in [0.25, 0.3) is 0 Å². The zero-order valence-electron chi connectivity index (χ0n) is 10.0. The molecular formula is C12H15BrClNO2. The number of carbonyl (C=O) groups excluding carboxylic acids is 1. The van der Waals surface area contributed by atoms with Crippen LogP contribution in [0.3, 0.4) is 0 Å². The Morgan fingerprint density at radius 3 is 2.65 bits per heavy atom. The maximum atomic E-state index is 11.5. The highest BCUT2D eigenvalue weighted by atomic mass is 79.9. The van der Waals surface area contributed by atoms with E-state index in [1.54, 1.807) is 12.1 Å². The second kappa shape index (κ2) is 5.74. The molecule has 1 aromatic carbocycles. The predicted octanol–water partition coefficient (Wildman–Crippen LogP) is 3.86. The number of ether oxygens (including phenoxy) is 1. The quantitative estimate of drug-likeness (QED) is 0.860. The average molecular weight is 321 g/mol. The molecule has 17 heavy (non-hydrogen) atoms. The third kappa shape index (κ3) is 5.41. The van der Waals surface area contributed by atoms with Crippen LogP contribution >= 0.6 is 27.5 Å². The summed E-state index contributed by atoms with van der Waals surface area (Å²) in [7, 11) is 0. The van der Waals surface area contributed by atoms with E-state index >= 15 is 0 Å². The minimum atomic E-state index is -0.459. The van der Waals surface area contributed by atoms with Gasteiger partial charge in [-0.15, -0.1) is 0 Å². The lowest BCUT2D eigenvalue weighted by Gasteiger charge is -2.19. The molecule has 0 saturated carbocycles. The molecule has 0 fully saturated rings. The van der Waals surface area contributed by atoms with Crippen LogP contribution in [0.1, 0.15) is 20.8 Å². The van der Waals surface area contributed by atoms with Crippen molar-refractivity contribution < 1.29 is 9.53 Å². The molecule has 0 aliphatic heterocycles. The van der Waals surface area contributed by atoms with Crippen LogP contribution in [0, 0.1) is 0 Å². The van der Waals surface area contributed by atoms with Crippen molar-refractivity contribution >= 4 is 39.2 Å². The van der Waals surface area contributed by atoms with Crippen LogP contribution in [0.2, 0.25) is 5.02 Å². The number of hydrogen-bond acceptors (Lipinski definition) is 3. The molecule has 0 saturated heterocycles. The second-order valence-corrected chi connectivity index (χ2v) is 5.83. The van der Waals surface area contributed by atoms with E-state index in [1.807, 2.05) is 26.8 Å². The number of halogens is 2. The normalized spacial score (nSPS) is 11.1. The SMILES string of the molecule is CC(C)(C)OC(=O)CNc1ccc(Cl)c(Br)c1. The molecule has 1 rings (SSSR count). The molecule has 1 aromatic rings. The first kappa shape index (κ1) is 14.3. The molecule has 3 nitrogen and oxygen atoms in total. The molecule has 94 valence electrons. The van der Waals surface area contributed by atoms with Gasteiger partial charge in [-0.3, -0.25) is 4.79 Å². The van der Waals surface area contributed by atoms with Gasteiger partial charge >= 0.3 is 5.97 Å². The van der Waals surface area contributed by atoms with E-state index in [-0.39, 0.29) is 12.5 Å². The van der Waals surface area contributed by atoms with Gasteiger partial charge in [0.05, 0.1) is 5.02 Å². The summed E-state index contributed by atoms with van der Waals surface area (Å²) in [6, 6.07) is 5.37. The van der Waals surface area contributed by atoms with Crippen molar-refractivity contribution in [3.8, 4) is 0 Å². The lowest BCUT2D eigenvalue weighted by molar-refractivity contribution is -0.152. The molecule has 0 unspecified atom stereocenters. The van der Waals surface area contributed by atoms with Crippen LogP contribution in [-0.4, -0.2) is 18.1 Å². The maximum absolute atomic E-state index is 11.5. The number of esters is 1. The molecule has 0 spiro atoms. The van der Waals surface area contributed by atoms with Crippen molar-refractivity contribution in [2.75, 3.05) is 11.9 Å². The summed E-state index contributed by atoms with van der Waals surface area (Å²) < 4.78 is 5.96. The Balaban J connectivity index is 2.50. The minimum absolute atomic E-state index is 0.130. The third-order valence-electron chi connectivity index (χ3n) is 1.78. The molecule has 0 aliphatic carbocycles. The van der Waals surface area contributed by atoms with Crippen molar-refractivity contribution in [3.05, 3.63) is 27.7 Å². The van der Waals surface area contributed by atoms with Gasteiger partial charge in [-0.05, 0) is 54.9 Å². The number of anilines is 1. The highest BCUT2D eigenvalue weighted by molar-refractivity contribution is 9.10. The summed E-state index contributed by atoms with van der Waals surface area (Å²) in [4.78, 5) is 11.5. The smallest absolute Gasteiger partial charge is 0.325 e. The summed E-state index contributed by atoms with van der Waals surface area (Å²) in [6.07, 6.45) is 0. The molecular weight excluding hydrogens is 305 g/mol. The second-order valence-electron chi connectivity index (χ2n) is 4.57. The molecule has 0 radical (unpaired) electrons. The first-order chi connectivity index (χ1) is 7.78. The Bertz CT molecular complexity index is 415. The first-order valence-electron chi connectivity index (χ1n) is 5.19. The highest BCUT2D eigenvalue weighted by Crippen LogP contribution is 2.25. The number of carbonyl (C=O) groups is 1. The van der Waals surface area contributed by atoms with E-state index in [0.717, 1.165) is 10.2 Å². The largest absolute Gasteiger partial charge is 0.459 e. The van der Waals surface area contributed by atoms with E-state index in [1.165, 1.54) is 0 Å². The number of hydrogen-bond donors (Lipinski definition) is 1. The Morgan fingerprint density at radius 1 is 1.47 bits per heavy atom. The molecule has 0 atom stereocenters. The highest BCUT2D eigenvalue weighted by Gasteiger charge is 2.15. The van der Waals surface area contributed by atoms with Gasteiger partial charge in [0.25, 0.3) is 0 Å². The van der Waals surface area contributed by atoms with Crippen LogP contribution in [0.5, 0.6) is 0 Å². The first-order valence-corrected chi connectivity index (χ1v) is 6.36. The maximum Gasteiger partial charge on any atom is 0.325 e. The van der Waals surface area contributed by atoms with Crippen LogP contribution < -0.4 is 5.32 Å². The number of benzene rings is 1. The standard InChI is InChI=1S/C12H15BrClNO2/c1-12(2,3)17-11(16)7-15-8-4-5-10(14)9(13)6-8/h4-6,15H,7H2,1-3H3. The fourth-order valence-corrected chi connectivity index (χ4v) is 1.65. The Labute approximate surface area is 115 Å². The third-order valence-corrected chi connectivity index (χ3v) is 2.99. The molecule has 1 N–H and O–H groups in total. The van der Waals surface area contributed by atoms with Gasteiger partial charge in [-0.2, -0.15) is 0 Å². The summed E-state index contributed by atoms with van der Waals surface area (Å²) in [5.41, 5.74) is 0.353. The predicted molar refractivity (Wildman–Crippen MR) is 73.5 cm³/mol. The van der Waals surface area contributed by atoms with Gasteiger partial charge in [-0.1, -0.05) is 11.6 Å². The molecule has 0 aromatic heterocycles. The van der Waals surface area contributed by atoms with Gasteiger partial charge in [0.1, 0.15) is 12.1 Å². The van der Waals surface area contributed by atoms with Crippen LogP contribution in [0.15, 0.2) is 22.7 Å². The number of nitrogens with one attached hydrogen (secondary N) is 1. The van der Waals surface area contributed by atoms with Crippen molar-refractivity contribution in [1.82, 2.24) is 0 Å². The van der Waals surface area contributed by atoms with Crippen LogP contribution in [-0.2, 0) is 9.53 Å². The van der Waals surface area contributed by atoms with E-state index < -0.39 is 5.60 Å². The van der Waals surface area contributed by atoms with Gasteiger partial charge in [-0.25, -0.2) is 0 Å². The minimum Gasteiger partial charge on any atom is -0.459 e. The van der Waals surface area contributed by atoms with E-state index in [9.17, 15) is 4.79 Å². The van der Waals surface area contributed by atoms with Crippen molar-refractivity contribution in [2.45, 2.75) is 26.4 Å². The topological polar surface area (TPSA) is 38.3 Å². The molecule has 0 heterocycles. The van der Waals surface area contributed by atoms with Crippen LogP contribution in [0.4, 0.5) is 5.69 Å². The molecule has 0 aliphatic rings. The summed E-state index contributed by atoms with van der Waals surface area (Å²) >= 11 is 9.18. The summed E-state index contributed by atoms with van der Waals surface area (Å²) in [5, 5.41) is 3.60. The van der Waals surface area contributed by atoms with Gasteiger partial charge < -0.3 is 10.1 Å². The number of rotatable bonds is 3. The van der Waals surface area contributed by atoms with Gasteiger partial charge in [0.15, 0.2) is 0 Å². The van der Waals surface area contributed by atoms with E-state index in [0.29, 0.717) is 5.02 Å². The van der Waals surface area contributed by atoms with Crippen molar-refractivity contribution in [1.29, 1.82) is 0 Å². The zero-order valence-corrected chi connectivity index (χ0v) is 12.4. The molecule has 5 heteroatoms. The van der Waals surface area contributed by atoms with E-state index in [2.05, 4.69) is 21.2 Å². The lowest BCUT2D eigenvalue weighted by atomic mass is 10.2. The zero-order chi connectivity index (χ0) is 13.1. The van der Waals surface area contributed by atoms with Gasteiger partial charge in [0, 0.05) is 10.2 Å². The van der Waals surface area contributed by atoms with E-state index in [4.69, 9.17) is 16.3 Å². The monoisotopic (exact) mass is 319 g/mol. The lowest BCUT2D eigenvalue weighted by Crippen LogP contribution is -2.28. The Kier molecular flexibility index (Phi) is 4.83.